The molecule has 0 N–H and O–H groups in total. The molecular formula is C14H11ClO2Se. The molecule has 0 saturated heterocycles. The predicted molar refractivity (Wildman–Crippen MR) is 74.3 cm³/mol. The van der Waals surface area contributed by atoms with Crippen LogP contribution in [0.2, 0.25) is 5.02 Å². The van der Waals surface area contributed by atoms with E-state index in [2.05, 4.69) is 0 Å². The summed E-state index contributed by atoms with van der Waals surface area (Å²) in [4.78, 5) is 11.4. The van der Waals surface area contributed by atoms with E-state index >= 15 is 0 Å². The van der Waals surface area contributed by atoms with Crippen molar-refractivity contribution < 1.29 is 9.53 Å². The maximum atomic E-state index is 11.4. The van der Waals surface area contributed by atoms with E-state index in [1.807, 2.05) is 42.5 Å². The van der Waals surface area contributed by atoms with Crippen LogP contribution in [0.3, 0.4) is 0 Å². The van der Waals surface area contributed by atoms with Crippen LogP contribution in [-0.2, 0) is 4.74 Å². The Hall–Kier alpha value is -1.28. The van der Waals surface area contributed by atoms with Gasteiger partial charge in [-0.05, 0) is 0 Å². The van der Waals surface area contributed by atoms with Crippen LogP contribution in [0, 0.1) is 0 Å². The fourth-order valence-corrected chi connectivity index (χ4v) is 3.41. The average molecular weight is 326 g/mol. The number of benzene rings is 2. The summed E-state index contributed by atoms with van der Waals surface area (Å²) < 4.78 is 7.06. The predicted octanol–water partition coefficient (Wildman–Crippen LogP) is 1.78. The van der Waals surface area contributed by atoms with E-state index in [1.54, 1.807) is 6.07 Å². The van der Waals surface area contributed by atoms with Crippen molar-refractivity contribution in [2.45, 2.75) is 0 Å². The molecule has 0 saturated carbocycles. The minimum absolute atomic E-state index is 0.161. The van der Waals surface area contributed by atoms with Crippen molar-refractivity contribution in [3.05, 3.63) is 59.1 Å². The van der Waals surface area contributed by atoms with Gasteiger partial charge in [-0.25, -0.2) is 0 Å². The number of carbonyl (C=O) groups excluding carboxylic acids is 1. The standard InChI is InChI=1S/C14H11ClO2Se/c1-17-14(16)10-3-2-4-13(9-10)18-12-7-5-11(15)6-8-12/h2-9H,1H3. The zero-order chi connectivity index (χ0) is 13.0. The molecule has 0 aromatic heterocycles. The Balaban J connectivity index is 2.19. The van der Waals surface area contributed by atoms with E-state index in [0.29, 0.717) is 5.56 Å². The van der Waals surface area contributed by atoms with Gasteiger partial charge in [-0.2, -0.15) is 0 Å². The molecule has 2 aromatic rings. The second kappa shape index (κ2) is 6.05. The van der Waals surface area contributed by atoms with Gasteiger partial charge in [0.25, 0.3) is 0 Å². The Labute approximate surface area is 117 Å². The topological polar surface area (TPSA) is 26.3 Å². The summed E-state index contributed by atoms with van der Waals surface area (Å²) in [5.74, 6) is -0.302. The third-order valence-corrected chi connectivity index (χ3v) is 4.65. The molecule has 0 unspecified atom stereocenters. The molecule has 2 rings (SSSR count). The summed E-state index contributed by atoms with van der Waals surface area (Å²) in [6.45, 7) is 0. The maximum absolute atomic E-state index is 11.4. The van der Waals surface area contributed by atoms with Crippen LogP contribution in [-0.4, -0.2) is 28.0 Å². The summed E-state index contributed by atoms with van der Waals surface area (Å²) >= 11 is 6.01. The summed E-state index contributed by atoms with van der Waals surface area (Å²) in [7, 11) is 1.39. The molecule has 0 amide bonds. The normalized spacial score (nSPS) is 10.1. The first kappa shape index (κ1) is 13.2. The molecule has 0 aliphatic heterocycles. The molecule has 0 atom stereocenters. The molecule has 0 heterocycles. The molecular weight excluding hydrogens is 315 g/mol. The first-order valence-electron chi connectivity index (χ1n) is 5.31. The SMILES string of the molecule is COC(=O)c1cccc([Se]c2ccc(Cl)cc2)c1. The molecule has 2 nitrogen and oxygen atoms in total. The summed E-state index contributed by atoms with van der Waals surface area (Å²) in [5.41, 5.74) is 0.589. The zero-order valence-corrected chi connectivity index (χ0v) is 12.2. The van der Waals surface area contributed by atoms with Crippen LogP contribution in [0.15, 0.2) is 48.5 Å². The van der Waals surface area contributed by atoms with Crippen molar-refractivity contribution in [1.29, 1.82) is 0 Å². The molecule has 2 aromatic carbocycles. The number of hydrogen-bond donors (Lipinski definition) is 0. The van der Waals surface area contributed by atoms with Crippen LogP contribution >= 0.6 is 11.6 Å². The second-order valence-corrected chi connectivity index (χ2v) is 6.42. The third-order valence-electron chi connectivity index (χ3n) is 2.30. The van der Waals surface area contributed by atoms with E-state index in [4.69, 9.17) is 16.3 Å². The molecule has 4 heteroatoms. The Kier molecular flexibility index (Phi) is 4.43. The molecule has 0 radical (unpaired) electrons. The zero-order valence-electron chi connectivity index (χ0n) is 9.72. The Bertz CT molecular complexity index is 552. The molecule has 0 bridgehead atoms. The van der Waals surface area contributed by atoms with E-state index in [0.717, 1.165) is 9.48 Å². The fraction of sp³-hybridized carbons (Fsp3) is 0.0714. The Morgan fingerprint density at radius 3 is 2.50 bits per heavy atom. The van der Waals surface area contributed by atoms with Crippen molar-refractivity contribution in [1.82, 2.24) is 0 Å². The van der Waals surface area contributed by atoms with Crippen molar-refractivity contribution >= 4 is 41.5 Å². The van der Waals surface area contributed by atoms with Gasteiger partial charge in [0.1, 0.15) is 0 Å². The number of esters is 1. The number of rotatable bonds is 3. The first-order valence-corrected chi connectivity index (χ1v) is 7.40. The van der Waals surface area contributed by atoms with Crippen LogP contribution in [0.25, 0.3) is 0 Å². The van der Waals surface area contributed by atoms with Crippen molar-refractivity contribution in [2.75, 3.05) is 7.11 Å². The van der Waals surface area contributed by atoms with E-state index in [-0.39, 0.29) is 20.9 Å². The van der Waals surface area contributed by atoms with Gasteiger partial charge in [-0.1, -0.05) is 0 Å². The number of ether oxygens (including phenoxy) is 1. The van der Waals surface area contributed by atoms with Gasteiger partial charge < -0.3 is 0 Å². The summed E-state index contributed by atoms with van der Waals surface area (Å²) in [6.07, 6.45) is 0. The van der Waals surface area contributed by atoms with E-state index in [9.17, 15) is 4.79 Å². The summed E-state index contributed by atoms with van der Waals surface area (Å²) in [5, 5.41) is 0.734. The van der Waals surface area contributed by atoms with Crippen LogP contribution in [0.1, 0.15) is 10.4 Å². The van der Waals surface area contributed by atoms with Gasteiger partial charge in [0.05, 0.1) is 0 Å². The number of carbonyl (C=O) groups is 1. The summed E-state index contributed by atoms with van der Waals surface area (Å²) in [6, 6.07) is 15.3. The van der Waals surface area contributed by atoms with Gasteiger partial charge in [0, 0.05) is 0 Å². The minimum atomic E-state index is -0.302. The second-order valence-electron chi connectivity index (χ2n) is 3.58. The van der Waals surface area contributed by atoms with Crippen molar-refractivity contribution in [2.24, 2.45) is 0 Å². The molecule has 0 fully saturated rings. The van der Waals surface area contributed by atoms with Crippen molar-refractivity contribution in [3.63, 3.8) is 0 Å². The third kappa shape index (κ3) is 3.36. The van der Waals surface area contributed by atoms with Crippen LogP contribution in [0.5, 0.6) is 0 Å². The monoisotopic (exact) mass is 326 g/mol. The van der Waals surface area contributed by atoms with E-state index in [1.165, 1.54) is 11.6 Å². The van der Waals surface area contributed by atoms with Crippen LogP contribution in [0.4, 0.5) is 0 Å². The van der Waals surface area contributed by atoms with Gasteiger partial charge in [0.15, 0.2) is 0 Å². The molecule has 0 aliphatic carbocycles. The fourth-order valence-electron chi connectivity index (χ4n) is 1.44. The Morgan fingerprint density at radius 1 is 1.11 bits per heavy atom. The van der Waals surface area contributed by atoms with Gasteiger partial charge >= 0.3 is 117 Å². The van der Waals surface area contributed by atoms with Gasteiger partial charge in [-0.15, -0.1) is 0 Å². The number of halogens is 1. The molecule has 18 heavy (non-hydrogen) atoms. The molecule has 0 aliphatic rings. The number of methoxy groups -OCH3 is 1. The van der Waals surface area contributed by atoms with Crippen LogP contribution < -0.4 is 8.92 Å². The quantitative estimate of drug-likeness (QED) is 0.635. The van der Waals surface area contributed by atoms with E-state index < -0.39 is 0 Å². The molecule has 0 spiro atoms. The molecule has 92 valence electrons. The Morgan fingerprint density at radius 2 is 1.83 bits per heavy atom. The number of hydrogen-bond acceptors (Lipinski definition) is 2. The first-order chi connectivity index (χ1) is 8.69. The van der Waals surface area contributed by atoms with Gasteiger partial charge in [0.2, 0.25) is 0 Å². The van der Waals surface area contributed by atoms with Crippen molar-refractivity contribution in [3.8, 4) is 0 Å². The van der Waals surface area contributed by atoms with Gasteiger partial charge in [-0.3, -0.25) is 0 Å². The average Bonchev–Trinajstić information content (AvgIpc) is 2.41.